The molecule has 0 amide bonds. The van der Waals surface area contributed by atoms with Crippen LogP contribution in [0.4, 0.5) is 13.2 Å². The van der Waals surface area contributed by atoms with Gasteiger partial charge in [-0.3, -0.25) is 0 Å². The second-order valence-electron chi connectivity index (χ2n) is 5.66. The number of hydrogen-bond acceptors (Lipinski definition) is 1. The SMILES string of the molecule is CC(NC1CCCC(C(F)(F)F)C1)c1ccc(Cl)c(Cl)c1. The fraction of sp³-hybridized carbons (Fsp3) is 0.600. The lowest BCUT2D eigenvalue weighted by molar-refractivity contribution is -0.183. The van der Waals surface area contributed by atoms with Crippen molar-refractivity contribution in [2.45, 2.75) is 50.9 Å². The van der Waals surface area contributed by atoms with Crippen molar-refractivity contribution in [2.75, 3.05) is 0 Å². The molecule has 1 aliphatic carbocycles. The van der Waals surface area contributed by atoms with E-state index in [0.29, 0.717) is 16.5 Å². The second kappa shape index (κ2) is 6.76. The molecule has 21 heavy (non-hydrogen) atoms. The smallest absolute Gasteiger partial charge is 0.307 e. The van der Waals surface area contributed by atoms with Gasteiger partial charge < -0.3 is 5.32 Å². The van der Waals surface area contributed by atoms with Gasteiger partial charge in [-0.05, 0) is 43.9 Å². The molecule has 0 heterocycles. The summed E-state index contributed by atoms with van der Waals surface area (Å²) in [4.78, 5) is 0. The molecule has 1 aliphatic rings. The molecule has 6 heteroatoms. The van der Waals surface area contributed by atoms with Crippen LogP contribution >= 0.6 is 23.2 Å². The van der Waals surface area contributed by atoms with Crippen LogP contribution in [0, 0.1) is 5.92 Å². The fourth-order valence-electron chi connectivity index (χ4n) is 2.87. The molecule has 1 fully saturated rings. The Morgan fingerprint density at radius 3 is 2.52 bits per heavy atom. The highest BCUT2D eigenvalue weighted by Crippen LogP contribution is 2.38. The second-order valence-corrected chi connectivity index (χ2v) is 6.48. The van der Waals surface area contributed by atoms with Gasteiger partial charge in [0.05, 0.1) is 16.0 Å². The molecule has 0 radical (unpaired) electrons. The number of halogens is 5. The maximum atomic E-state index is 12.8. The van der Waals surface area contributed by atoms with Gasteiger partial charge >= 0.3 is 6.18 Å². The highest BCUT2D eigenvalue weighted by Gasteiger charge is 2.42. The standard InChI is InChI=1S/C15H18Cl2F3N/c1-9(10-5-6-13(16)14(17)7-10)21-12-4-2-3-11(8-12)15(18,19)20/h5-7,9,11-12,21H,2-4,8H2,1H3. The zero-order valence-electron chi connectivity index (χ0n) is 11.7. The number of rotatable bonds is 3. The van der Waals surface area contributed by atoms with E-state index in [1.807, 2.05) is 13.0 Å². The van der Waals surface area contributed by atoms with Crippen LogP contribution in [0.25, 0.3) is 0 Å². The van der Waals surface area contributed by atoms with Crippen LogP contribution in [0.1, 0.15) is 44.2 Å². The van der Waals surface area contributed by atoms with Crippen LogP contribution in [-0.4, -0.2) is 12.2 Å². The molecule has 0 bridgehead atoms. The molecule has 2 rings (SSSR count). The number of nitrogens with one attached hydrogen (secondary N) is 1. The van der Waals surface area contributed by atoms with Gasteiger partial charge in [-0.15, -0.1) is 0 Å². The first-order chi connectivity index (χ1) is 9.77. The highest BCUT2D eigenvalue weighted by atomic mass is 35.5. The first-order valence-corrected chi connectivity index (χ1v) is 7.80. The molecule has 0 aliphatic heterocycles. The van der Waals surface area contributed by atoms with Crippen LogP contribution < -0.4 is 5.32 Å². The lowest BCUT2D eigenvalue weighted by atomic mass is 9.85. The maximum Gasteiger partial charge on any atom is 0.391 e. The molecule has 1 aromatic carbocycles. The first kappa shape index (κ1) is 16.9. The quantitative estimate of drug-likeness (QED) is 0.737. The highest BCUT2D eigenvalue weighted by molar-refractivity contribution is 6.42. The predicted molar refractivity (Wildman–Crippen MR) is 79.8 cm³/mol. The van der Waals surface area contributed by atoms with Crippen molar-refractivity contribution < 1.29 is 13.2 Å². The average molecular weight is 340 g/mol. The Bertz CT molecular complexity index is 490. The first-order valence-electron chi connectivity index (χ1n) is 7.05. The number of hydrogen-bond donors (Lipinski definition) is 1. The van der Waals surface area contributed by atoms with Crippen LogP contribution in [0.2, 0.25) is 10.0 Å². The number of alkyl halides is 3. The van der Waals surface area contributed by atoms with Gasteiger partial charge in [0.15, 0.2) is 0 Å². The minimum atomic E-state index is -4.09. The van der Waals surface area contributed by atoms with E-state index in [-0.39, 0.29) is 24.9 Å². The van der Waals surface area contributed by atoms with Gasteiger partial charge in [-0.1, -0.05) is 35.7 Å². The summed E-state index contributed by atoms with van der Waals surface area (Å²) in [5, 5.41) is 4.21. The van der Waals surface area contributed by atoms with E-state index < -0.39 is 12.1 Å². The van der Waals surface area contributed by atoms with Gasteiger partial charge in [0, 0.05) is 12.1 Å². The molecule has 1 aromatic rings. The predicted octanol–water partition coefficient (Wildman–Crippen LogP) is 5.77. The van der Waals surface area contributed by atoms with Crippen molar-refractivity contribution in [1.82, 2.24) is 5.32 Å². The third-order valence-corrected chi connectivity index (χ3v) is 4.81. The van der Waals surface area contributed by atoms with Crippen LogP contribution in [-0.2, 0) is 0 Å². The topological polar surface area (TPSA) is 12.0 Å². The Labute approximate surface area is 132 Å². The zero-order valence-corrected chi connectivity index (χ0v) is 13.2. The van der Waals surface area contributed by atoms with E-state index >= 15 is 0 Å². The van der Waals surface area contributed by atoms with Crippen LogP contribution in [0.3, 0.4) is 0 Å². The number of benzene rings is 1. The maximum absolute atomic E-state index is 12.8. The third-order valence-electron chi connectivity index (χ3n) is 4.07. The Morgan fingerprint density at radius 2 is 1.90 bits per heavy atom. The molecule has 0 spiro atoms. The van der Waals surface area contributed by atoms with Gasteiger partial charge in [-0.2, -0.15) is 13.2 Å². The van der Waals surface area contributed by atoms with Crippen molar-refractivity contribution in [3.63, 3.8) is 0 Å². The van der Waals surface area contributed by atoms with Crippen LogP contribution in [0.5, 0.6) is 0 Å². The molecule has 0 aromatic heterocycles. The monoisotopic (exact) mass is 339 g/mol. The molecule has 1 N–H and O–H groups in total. The summed E-state index contributed by atoms with van der Waals surface area (Å²) in [5.41, 5.74) is 0.929. The summed E-state index contributed by atoms with van der Waals surface area (Å²) in [7, 11) is 0. The Kier molecular flexibility index (Phi) is 5.44. The molecular weight excluding hydrogens is 322 g/mol. The third kappa shape index (κ3) is 4.51. The van der Waals surface area contributed by atoms with Gasteiger partial charge in [0.1, 0.15) is 0 Å². The lowest BCUT2D eigenvalue weighted by Gasteiger charge is -2.33. The van der Waals surface area contributed by atoms with E-state index in [9.17, 15) is 13.2 Å². The van der Waals surface area contributed by atoms with Crippen molar-refractivity contribution >= 4 is 23.2 Å². The summed E-state index contributed by atoms with van der Waals surface area (Å²) >= 11 is 11.8. The zero-order chi connectivity index (χ0) is 15.6. The Morgan fingerprint density at radius 1 is 1.19 bits per heavy atom. The van der Waals surface area contributed by atoms with Gasteiger partial charge in [0.25, 0.3) is 0 Å². The van der Waals surface area contributed by atoms with Crippen LogP contribution in [0.15, 0.2) is 18.2 Å². The summed E-state index contributed by atoms with van der Waals surface area (Å²) in [5.74, 6) is -1.19. The minimum absolute atomic E-state index is 0.0586. The van der Waals surface area contributed by atoms with Crippen molar-refractivity contribution in [2.24, 2.45) is 5.92 Å². The van der Waals surface area contributed by atoms with Gasteiger partial charge in [-0.25, -0.2) is 0 Å². The molecule has 118 valence electrons. The Hall–Kier alpha value is -0.450. The van der Waals surface area contributed by atoms with Crippen molar-refractivity contribution in [3.8, 4) is 0 Å². The van der Waals surface area contributed by atoms with Crippen molar-refractivity contribution in [3.05, 3.63) is 33.8 Å². The largest absolute Gasteiger partial charge is 0.391 e. The average Bonchev–Trinajstić information content (AvgIpc) is 2.41. The Balaban J connectivity index is 1.98. The summed E-state index contributed by atoms with van der Waals surface area (Å²) in [6, 6.07) is 5.13. The molecule has 1 saturated carbocycles. The summed E-state index contributed by atoms with van der Waals surface area (Å²) < 4.78 is 38.4. The van der Waals surface area contributed by atoms with E-state index in [2.05, 4.69) is 5.32 Å². The van der Waals surface area contributed by atoms with E-state index in [1.54, 1.807) is 12.1 Å². The fourth-order valence-corrected chi connectivity index (χ4v) is 3.18. The van der Waals surface area contributed by atoms with E-state index in [1.165, 1.54) is 0 Å². The molecular formula is C15H18Cl2F3N. The van der Waals surface area contributed by atoms with Crippen molar-refractivity contribution in [1.29, 1.82) is 0 Å². The molecule has 3 atom stereocenters. The molecule has 1 nitrogen and oxygen atoms in total. The molecule has 3 unspecified atom stereocenters. The summed E-state index contributed by atoms with van der Waals surface area (Å²) in [6.45, 7) is 1.93. The minimum Gasteiger partial charge on any atom is -0.307 e. The normalized spacial score (nSPS) is 24.9. The van der Waals surface area contributed by atoms with E-state index in [0.717, 1.165) is 12.0 Å². The summed E-state index contributed by atoms with van der Waals surface area (Å²) in [6.07, 6.45) is -2.32. The molecule has 0 saturated heterocycles. The van der Waals surface area contributed by atoms with Gasteiger partial charge in [0.2, 0.25) is 0 Å². The lowest BCUT2D eigenvalue weighted by Crippen LogP contribution is -2.39. The van der Waals surface area contributed by atoms with E-state index in [4.69, 9.17) is 23.2 Å².